The maximum atomic E-state index is 11.2. The summed E-state index contributed by atoms with van der Waals surface area (Å²) in [6, 6.07) is 6.30. The lowest BCUT2D eigenvalue weighted by atomic mass is 10.1. The lowest BCUT2D eigenvalue weighted by Crippen LogP contribution is -2.26. The van der Waals surface area contributed by atoms with Gasteiger partial charge in [-0.2, -0.15) is 0 Å². The van der Waals surface area contributed by atoms with Crippen molar-refractivity contribution in [1.82, 2.24) is 4.90 Å². The second-order valence-corrected chi connectivity index (χ2v) is 6.50. The van der Waals surface area contributed by atoms with Gasteiger partial charge in [0.2, 0.25) is 0 Å². The lowest BCUT2D eigenvalue weighted by Gasteiger charge is -2.12. The van der Waals surface area contributed by atoms with Crippen LogP contribution in [0.1, 0.15) is 5.56 Å². The highest BCUT2D eigenvalue weighted by atomic mass is 35.7. The highest BCUT2D eigenvalue weighted by molar-refractivity contribution is 8.13. The quantitative estimate of drug-likeness (QED) is 0.790. The Balaban J connectivity index is 1.96. The van der Waals surface area contributed by atoms with Crippen molar-refractivity contribution in [2.45, 2.75) is 11.3 Å². The van der Waals surface area contributed by atoms with Gasteiger partial charge in [-0.25, -0.2) is 13.2 Å². The molecule has 1 aliphatic rings. The number of benzene rings is 1. The number of rotatable bonds is 4. The van der Waals surface area contributed by atoms with E-state index in [1.165, 1.54) is 12.1 Å². The van der Waals surface area contributed by atoms with Gasteiger partial charge >= 0.3 is 6.09 Å². The number of cyclic esters (lactones) is 1. The zero-order valence-electron chi connectivity index (χ0n) is 9.50. The number of hydrogen-bond donors (Lipinski definition) is 0. The van der Waals surface area contributed by atoms with Gasteiger partial charge in [0, 0.05) is 17.2 Å². The Labute approximate surface area is 110 Å². The predicted octanol–water partition coefficient (Wildman–Crippen LogP) is 1.61. The molecule has 1 aliphatic heterocycles. The first-order valence-corrected chi connectivity index (χ1v) is 7.73. The molecular formula is C11H12ClNO4S. The molecule has 98 valence electrons. The second-order valence-electron chi connectivity index (χ2n) is 3.93. The summed E-state index contributed by atoms with van der Waals surface area (Å²) in [4.78, 5) is 12.9. The summed E-state index contributed by atoms with van der Waals surface area (Å²) in [7, 11) is 1.54. The van der Waals surface area contributed by atoms with Gasteiger partial charge in [-0.15, -0.1) is 0 Å². The second kappa shape index (κ2) is 5.16. The number of ether oxygens (including phenoxy) is 1. The van der Waals surface area contributed by atoms with Gasteiger partial charge in [-0.05, 0) is 24.1 Å². The average molecular weight is 290 g/mol. The first-order chi connectivity index (χ1) is 8.47. The Morgan fingerprint density at radius 1 is 1.28 bits per heavy atom. The summed E-state index contributed by atoms with van der Waals surface area (Å²) in [5.41, 5.74) is 0.943. The van der Waals surface area contributed by atoms with Crippen molar-refractivity contribution in [3.8, 4) is 0 Å². The zero-order valence-corrected chi connectivity index (χ0v) is 11.1. The van der Waals surface area contributed by atoms with E-state index < -0.39 is 9.05 Å². The normalized spacial score (nSPS) is 15.8. The molecule has 0 atom stereocenters. The number of carbonyl (C=O) groups excluding carboxylic acids is 1. The number of halogens is 1. The van der Waals surface area contributed by atoms with Crippen LogP contribution >= 0.6 is 10.7 Å². The van der Waals surface area contributed by atoms with Crippen LogP contribution in [-0.2, 0) is 20.2 Å². The van der Waals surface area contributed by atoms with Crippen LogP contribution in [0.2, 0.25) is 0 Å². The summed E-state index contributed by atoms with van der Waals surface area (Å²) in [5.74, 6) is 0. The monoisotopic (exact) mass is 289 g/mol. The van der Waals surface area contributed by atoms with Crippen LogP contribution in [-0.4, -0.2) is 39.1 Å². The highest BCUT2D eigenvalue weighted by Crippen LogP contribution is 2.16. The van der Waals surface area contributed by atoms with Crippen molar-refractivity contribution in [1.29, 1.82) is 0 Å². The molecule has 7 heteroatoms. The Hall–Kier alpha value is -1.27. The molecule has 1 fully saturated rings. The molecule has 0 bridgehead atoms. The molecule has 0 N–H and O–H groups in total. The van der Waals surface area contributed by atoms with E-state index in [0.717, 1.165) is 5.56 Å². The molecule has 1 amide bonds. The van der Waals surface area contributed by atoms with Crippen molar-refractivity contribution in [3.05, 3.63) is 29.8 Å². The van der Waals surface area contributed by atoms with Crippen molar-refractivity contribution >= 4 is 25.8 Å². The van der Waals surface area contributed by atoms with Crippen LogP contribution in [0.4, 0.5) is 4.79 Å². The molecule has 18 heavy (non-hydrogen) atoms. The molecule has 5 nitrogen and oxygen atoms in total. The van der Waals surface area contributed by atoms with E-state index >= 15 is 0 Å². The van der Waals surface area contributed by atoms with E-state index in [9.17, 15) is 13.2 Å². The minimum Gasteiger partial charge on any atom is -0.448 e. The first kappa shape index (κ1) is 13.2. The molecule has 2 rings (SSSR count). The van der Waals surface area contributed by atoms with Crippen LogP contribution in [0.5, 0.6) is 0 Å². The topological polar surface area (TPSA) is 63.7 Å². The van der Waals surface area contributed by atoms with Gasteiger partial charge in [0.25, 0.3) is 9.05 Å². The van der Waals surface area contributed by atoms with Crippen molar-refractivity contribution in [2.24, 2.45) is 0 Å². The molecule has 0 radical (unpaired) electrons. The minimum absolute atomic E-state index is 0.0773. The van der Waals surface area contributed by atoms with E-state index in [2.05, 4.69) is 0 Å². The van der Waals surface area contributed by atoms with E-state index in [1.54, 1.807) is 17.0 Å². The van der Waals surface area contributed by atoms with Gasteiger partial charge in [-0.1, -0.05) is 12.1 Å². The fourth-order valence-corrected chi connectivity index (χ4v) is 2.48. The Bertz CT molecular complexity index is 541. The molecule has 0 unspecified atom stereocenters. The minimum atomic E-state index is -3.67. The third-order valence-electron chi connectivity index (χ3n) is 2.72. The number of carbonyl (C=O) groups is 1. The number of hydrogen-bond acceptors (Lipinski definition) is 4. The molecule has 0 aromatic heterocycles. The Kier molecular flexibility index (Phi) is 3.77. The van der Waals surface area contributed by atoms with Crippen LogP contribution in [0.25, 0.3) is 0 Å². The van der Waals surface area contributed by atoms with E-state index in [-0.39, 0.29) is 11.0 Å². The van der Waals surface area contributed by atoms with Gasteiger partial charge in [0.05, 0.1) is 11.4 Å². The van der Waals surface area contributed by atoms with Crippen molar-refractivity contribution in [3.63, 3.8) is 0 Å². The van der Waals surface area contributed by atoms with E-state index in [1.807, 2.05) is 0 Å². The molecule has 1 aromatic rings. The molecule has 0 spiro atoms. The van der Waals surface area contributed by atoms with Gasteiger partial charge in [-0.3, -0.25) is 0 Å². The predicted molar refractivity (Wildman–Crippen MR) is 66.1 cm³/mol. The smallest absolute Gasteiger partial charge is 0.409 e. The summed E-state index contributed by atoms with van der Waals surface area (Å²) in [6.45, 7) is 1.60. The number of amides is 1. The van der Waals surface area contributed by atoms with E-state index in [0.29, 0.717) is 26.1 Å². The zero-order chi connectivity index (χ0) is 13.2. The Morgan fingerprint density at radius 2 is 1.94 bits per heavy atom. The summed E-state index contributed by atoms with van der Waals surface area (Å²) < 4.78 is 26.9. The number of nitrogens with zero attached hydrogens (tertiary/aromatic N) is 1. The summed E-state index contributed by atoms with van der Waals surface area (Å²) in [6.07, 6.45) is 0.354. The summed E-state index contributed by atoms with van der Waals surface area (Å²) in [5, 5.41) is 0. The SMILES string of the molecule is O=C1OCCN1CCc1ccc(S(=O)(=O)Cl)cc1. The Morgan fingerprint density at radius 3 is 2.44 bits per heavy atom. The first-order valence-electron chi connectivity index (χ1n) is 5.42. The third kappa shape index (κ3) is 3.14. The van der Waals surface area contributed by atoms with Gasteiger partial charge < -0.3 is 9.64 Å². The lowest BCUT2D eigenvalue weighted by molar-refractivity contribution is 0.159. The molecule has 1 heterocycles. The van der Waals surface area contributed by atoms with E-state index in [4.69, 9.17) is 15.4 Å². The standard InChI is InChI=1S/C11H12ClNO4S/c12-18(15,16)10-3-1-9(2-4-10)5-6-13-7-8-17-11(13)14/h1-4H,5-8H2. The van der Waals surface area contributed by atoms with Crippen molar-refractivity contribution < 1.29 is 17.9 Å². The molecule has 0 aliphatic carbocycles. The fourth-order valence-electron chi connectivity index (χ4n) is 1.71. The molecular weight excluding hydrogens is 278 g/mol. The average Bonchev–Trinajstić information content (AvgIpc) is 2.72. The fraction of sp³-hybridized carbons (Fsp3) is 0.364. The maximum absolute atomic E-state index is 11.2. The largest absolute Gasteiger partial charge is 0.448 e. The van der Waals surface area contributed by atoms with Crippen LogP contribution in [0, 0.1) is 0 Å². The van der Waals surface area contributed by atoms with Gasteiger partial charge in [0.1, 0.15) is 6.61 Å². The third-order valence-corrected chi connectivity index (χ3v) is 4.09. The maximum Gasteiger partial charge on any atom is 0.409 e. The van der Waals surface area contributed by atoms with Crippen LogP contribution in [0.3, 0.4) is 0 Å². The van der Waals surface area contributed by atoms with Crippen LogP contribution in [0.15, 0.2) is 29.2 Å². The van der Waals surface area contributed by atoms with Gasteiger partial charge in [0.15, 0.2) is 0 Å². The highest BCUT2D eigenvalue weighted by Gasteiger charge is 2.21. The van der Waals surface area contributed by atoms with Crippen molar-refractivity contribution in [2.75, 3.05) is 19.7 Å². The molecule has 0 saturated carbocycles. The summed E-state index contributed by atoms with van der Waals surface area (Å²) >= 11 is 0. The molecule has 1 aromatic carbocycles. The molecule has 1 saturated heterocycles. The van der Waals surface area contributed by atoms with Crippen LogP contribution < -0.4 is 0 Å².